The first-order valence-corrected chi connectivity index (χ1v) is 2.94. The van der Waals surface area contributed by atoms with Crippen molar-refractivity contribution in [2.75, 3.05) is 0 Å². The van der Waals surface area contributed by atoms with Crippen molar-refractivity contribution in [3.8, 4) is 0 Å². The second-order valence-electron chi connectivity index (χ2n) is 2.26. The third-order valence-electron chi connectivity index (χ3n) is 1.08. The van der Waals surface area contributed by atoms with E-state index in [9.17, 15) is 35.1 Å². The van der Waals surface area contributed by atoms with Crippen LogP contribution < -0.4 is 0 Å². The smallest absolute Gasteiger partial charge is 0.231 e. The number of hydrogen-bond donors (Lipinski definition) is 0. The Morgan fingerprint density at radius 1 is 0.846 bits per heavy atom. The molecule has 80 valence electrons. The van der Waals surface area contributed by atoms with Gasteiger partial charge in [-0.25, -0.2) is 22.0 Å². The van der Waals surface area contributed by atoms with Gasteiger partial charge in [0.15, 0.2) is 0 Å². The van der Waals surface area contributed by atoms with Crippen LogP contribution in [0.4, 0.5) is 35.1 Å². The molecule has 1 unspecified atom stereocenters. The summed E-state index contributed by atoms with van der Waals surface area (Å²) in [6.07, 6.45) is -16.5. The van der Waals surface area contributed by atoms with Gasteiger partial charge in [-0.05, 0) is 0 Å². The molecule has 0 fully saturated rings. The van der Waals surface area contributed by atoms with E-state index in [4.69, 9.17) is 0 Å². The lowest BCUT2D eigenvalue weighted by Crippen LogP contribution is -2.42. The van der Waals surface area contributed by atoms with Crippen LogP contribution in [0.1, 0.15) is 6.42 Å². The molecule has 0 nitrogen and oxygen atoms in total. The van der Waals surface area contributed by atoms with Gasteiger partial charge in [0.25, 0.3) is 12.1 Å². The first kappa shape index (κ1) is 12.4. The highest BCUT2D eigenvalue weighted by atomic mass is 19.4. The molecule has 0 saturated carbocycles. The van der Waals surface area contributed by atoms with Gasteiger partial charge >= 0.3 is 6.18 Å². The molecular weight excluding hydrogens is 212 g/mol. The molecular formula is C5H4F8. The summed E-state index contributed by atoms with van der Waals surface area (Å²) in [5.74, 6) is -5.08. The van der Waals surface area contributed by atoms with Crippen LogP contribution in [0.5, 0.6) is 0 Å². The average molecular weight is 216 g/mol. The van der Waals surface area contributed by atoms with E-state index < -0.39 is 31.1 Å². The van der Waals surface area contributed by atoms with Crippen molar-refractivity contribution in [3.63, 3.8) is 0 Å². The lowest BCUT2D eigenvalue weighted by atomic mass is 10.1. The summed E-state index contributed by atoms with van der Waals surface area (Å²) in [5, 5.41) is 0. The number of hydrogen-bond acceptors (Lipinski definition) is 0. The van der Waals surface area contributed by atoms with Gasteiger partial charge in [0.1, 0.15) is 0 Å². The lowest BCUT2D eigenvalue weighted by Gasteiger charge is -2.21. The van der Waals surface area contributed by atoms with Crippen LogP contribution in [-0.4, -0.2) is 24.7 Å². The Balaban J connectivity index is 4.45. The third kappa shape index (κ3) is 3.77. The number of rotatable bonds is 3. The molecule has 8 heteroatoms. The topological polar surface area (TPSA) is 0 Å². The first-order valence-electron chi connectivity index (χ1n) is 2.94. The molecule has 0 aromatic carbocycles. The van der Waals surface area contributed by atoms with Crippen LogP contribution in [0.25, 0.3) is 0 Å². The van der Waals surface area contributed by atoms with Crippen LogP contribution in [0.3, 0.4) is 0 Å². The van der Waals surface area contributed by atoms with Gasteiger partial charge in [0.05, 0.1) is 6.42 Å². The van der Waals surface area contributed by atoms with Crippen molar-refractivity contribution in [1.82, 2.24) is 0 Å². The highest BCUT2D eigenvalue weighted by Gasteiger charge is 2.57. The Morgan fingerprint density at radius 2 is 1.23 bits per heavy atom. The van der Waals surface area contributed by atoms with Crippen LogP contribution >= 0.6 is 0 Å². The molecule has 0 N–H and O–H groups in total. The molecule has 0 aliphatic rings. The molecule has 13 heavy (non-hydrogen) atoms. The summed E-state index contributed by atoms with van der Waals surface area (Å²) in [5.41, 5.74) is 0. The Labute approximate surface area is 67.5 Å². The lowest BCUT2D eigenvalue weighted by molar-refractivity contribution is -0.251. The molecule has 0 aromatic rings. The fourth-order valence-electron chi connectivity index (χ4n) is 0.549. The van der Waals surface area contributed by atoms with Crippen LogP contribution in [0, 0.1) is 0 Å². The summed E-state index contributed by atoms with van der Waals surface area (Å²) in [7, 11) is 0. The van der Waals surface area contributed by atoms with Crippen LogP contribution in [-0.2, 0) is 0 Å². The zero-order valence-corrected chi connectivity index (χ0v) is 5.89. The average Bonchev–Trinajstić information content (AvgIpc) is 1.80. The SMILES string of the molecule is FC(F)CC(F)(F)C(F)C(F)(F)F. The quantitative estimate of drug-likeness (QED) is 0.635. The molecule has 0 saturated heterocycles. The van der Waals surface area contributed by atoms with E-state index >= 15 is 0 Å². The summed E-state index contributed by atoms with van der Waals surface area (Å²) in [6, 6.07) is 0. The van der Waals surface area contributed by atoms with Gasteiger partial charge in [-0.3, -0.25) is 0 Å². The van der Waals surface area contributed by atoms with E-state index in [0.29, 0.717) is 0 Å². The van der Waals surface area contributed by atoms with Crippen LogP contribution in [0.2, 0.25) is 0 Å². The Morgan fingerprint density at radius 3 is 1.46 bits per heavy atom. The van der Waals surface area contributed by atoms with E-state index in [2.05, 4.69) is 0 Å². The molecule has 0 amide bonds. The van der Waals surface area contributed by atoms with E-state index in [1.54, 1.807) is 0 Å². The van der Waals surface area contributed by atoms with Crippen molar-refractivity contribution >= 4 is 0 Å². The molecule has 1 atom stereocenters. The maximum atomic E-state index is 12.0. The van der Waals surface area contributed by atoms with Gasteiger partial charge < -0.3 is 0 Å². The summed E-state index contributed by atoms with van der Waals surface area (Å²) in [6.45, 7) is 0. The monoisotopic (exact) mass is 216 g/mol. The van der Waals surface area contributed by atoms with Gasteiger partial charge in [-0.2, -0.15) is 13.2 Å². The fraction of sp³-hybridized carbons (Fsp3) is 1.00. The van der Waals surface area contributed by atoms with E-state index in [0.717, 1.165) is 0 Å². The van der Waals surface area contributed by atoms with Crippen molar-refractivity contribution in [3.05, 3.63) is 0 Å². The van der Waals surface area contributed by atoms with Crippen molar-refractivity contribution in [1.29, 1.82) is 0 Å². The molecule has 0 aromatic heterocycles. The Kier molecular flexibility index (Phi) is 3.51. The zero-order chi connectivity index (χ0) is 10.9. The summed E-state index contributed by atoms with van der Waals surface area (Å²) in [4.78, 5) is 0. The zero-order valence-electron chi connectivity index (χ0n) is 5.89. The summed E-state index contributed by atoms with van der Waals surface area (Å²) >= 11 is 0. The largest absolute Gasteiger partial charge is 0.425 e. The molecule has 0 bridgehead atoms. The highest BCUT2D eigenvalue weighted by Crippen LogP contribution is 2.38. The molecule has 0 aliphatic carbocycles. The highest BCUT2D eigenvalue weighted by molar-refractivity contribution is 4.83. The molecule has 0 aliphatic heterocycles. The van der Waals surface area contributed by atoms with Gasteiger partial charge in [0.2, 0.25) is 6.43 Å². The van der Waals surface area contributed by atoms with Crippen molar-refractivity contribution < 1.29 is 35.1 Å². The minimum Gasteiger partial charge on any atom is -0.231 e. The van der Waals surface area contributed by atoms with E-state index in [1.165, 1.54) is 0 Å². The second-order valence-corrected chi connectivity index (χ2v) is 2.26. The third-order valence-corrected chi connectivity index (χ3v) is 1.08. The number of alkyl halides is 8. The molecule has 0 radical (unpaired) electrons. The molecule has 0 rings (SSSR count). The van der Waals surface area contributed by atoms with Crippen LogP contribution in [0.15, 0.2) is 0 Å². The predicted octanol–water partition coefficient (Wildman–Crippen LogP) is 3.18. The Bertz CT molecular complexity index is 158. The minimum atomic E-state index is -5.82. The second kappa shape index (κ2) is 3.67. The molecule has 0 spiro atoms. The minimum absolute atomic E-state index is 2.44. The fourth-order valence-corrected chi connectivity index (χ4v) is 0.549. The van der Waals surface area contributed by atoms with Crippen molar-refractivity contribution in [2.45, 2.75) is 31.1 Å². The normalized spacial score (nSPS) is 16.4. The first-order chi connectivity index (χ1) is 5.57. The molecule has 0 heterocycles. The van der Waals surface area contributed by atoms with E-state index in [1.807, 2.05) is 0 Å². The maximum absolute atomic E-state index is 12.0. The number of halogens is 8. The predicted molar refractivity (Wildman–Crippen MR) is 26.5 cm³/mol. The van der Waals surface area contributed by atoms with Gasteiger partial charge in [-0.15, -0.1) is 0 Å². The van der Waals surface area contributed by atoms with Crippen molar-refractivity contribution in [2.24, 2.45) is 0 Å². The standard InChI is InChI=1S/C5H4F8/c6-2(7)1-4(9,10)3(8)5(11,12)13/h2-3H,1H2. The van der Waals surface area contributed by atoms with E-state index in [-0.39, 0.29) is 0 Å². The van der Waals surface area contributed by atoms with Gasteiger partial charge in [-0.1, -0.05) is 0 Å². The Hall–Kier alpha value is -0.560. The summed E-state index contributed by atoms with van der Waals surface area (Å²) < 4.78 is 92.2. The van der Waals surface area contributed by atoms with Gasteiger partial charge in [0, 0.05) is 0 Å². The maximum Gasteiger partial charge on any atom is 0.425 e.